The maximum atomic E-state index is 12.2. The number of ether oxygens (including phenoxy) is 2. The van der Waals surface area contributed by atoms with E-state index in [2.05, 4.69) is 20.7 Å². The van der Waals surface area contributed by atoms with Gasteiger partial charge in [-0.05, 0) is 19.1 Å². The number of benzene rings is 1. The first-order valence-electron chi connectivity index (χ1n) is 5.88. The molecule has 0 amide bonds. The van der Waals surface area contributed by atoms with Crippen molar-refractivity contribution in [1.29, 1.82) is 0 Å². The molecule has 6 heteroatoms. The Kier molecular flexibility index (Phi) is 5.44. The topological polar surface area (TPSA) is 69.7 Å². The Balaban J connectivity index is 3.08. The van der Waals surface area contributed by atoms with Crippen LogP contribution in [-0.2, 0) is 29.5 Å². The predicted molar refractivity (Wildman–Crippen MR) is 74.9 cm³/mol. The normalized spacial score (nSPS) is 13.2. The van der Waals surface area contributed by atoms with Crippen LogP contribution in [0.4, 0.5) is 0 Å². The van der Waals surface area contributed by atoms with Gasteiger partial charge in [0.05, 0.1) is 0 Å². The second kappa shape index (κ2) is 6.65. The third-order valence-corrected chi connectivity index (χ3v) is 3.21. The van der Waals surface area contributed by atoms with Gasteiger partial charge < -0.3 is 9.47 Å². The van der Waals surface area contributed by atoms with E-state index in [0.29, 0.717) is 5.56 Å². The van der Waals surface area contributed by atoms with Crippen LogP contribution in [0.1, 0.15) is 26.3 Å². The summed E-state index contributed by atoms with van der Waals surface area (Å²) in [4.78, 5) is 34.3. The SMILES string of the molecule is CC(=O)OCC(=O)C(C)(OC(C)=O)c1ccc(Br)cc1. The molecule has 1 aromatic rings. The Bertz CT molecular complexity index is 523. The Hall–Kier alpha value is -1.69. The average molecular weight is 343 g/mol. The van der Waals surface area contributed by atoms with Gasteiger partial charge in [0.25, 0.3) is 0 Å². The van der Waals surface area contributed by atoms with Gasteiger partial charge >= 0.3 is 11.9 Å². The van der Waals surface area contributed by atoms with E-state index < -0.39 is 29.9 Å². The van der Waals surface area contributed by atoms with Crippen molar-refractivity contribution in [3.63, 3.8) is 0 Å². The molecule has 1 atom stereocenters. The highest BCUT2D eigenvalue weighted by molar-refractivity contribution is 9.10. The number of hydrogen-bond acceptors (Lipinski definition) is 5. The first kappa shape index (κ1) is 16.4. The van der Waals surface area contributed by atoms with Crippen molar-refractivity contribution in [3.05, 3.63) is 34.3 Å². The summed E-state index contributed by atoms with van der Waals surface area (Å²) in [5.74, 6) is -1.67. The molecule has 0 fully saturated rings. The van der Waals surface area contributed by atoms with Crippen molar-refractivity contribution < 1.29 is 23.9 Å². The summed E-state index contributed by atoms with van der Waals surface area (Å²) in [6, 6.07) is 6.80. The summed E-state index contributed by atoms with van der Waals surface area (Å²) in [5, 5.41) is 0. The number of rotatable bonds is 5. The van der Waals surface area contributed by atoms with Gasteiger partial charge in [-0.3, -0.25) is 14.4 Å². The molecular weight excluding hydrogens is 328 g/mol. The lowest BCUT2D eigenvalue weighted by atomic mass is 9.91. The third-order valence-electron chi connectivity index (χ3n) is 2.68. The van der Waals surface area contributed by atoms with Crippen LogP contribution in [0.3, 0.4) is 0 Å². The van der Waals surface area contributed by atoms with Crippen molar-refractivity contribution in [2.75, 3.05) is 6.61 Å². The highest BCUT2D eigenvalue weighted by Gasteiger charge is 2.38. The standard InChI is InChI=1S/C14H15BrO5/c1-9(16)19-8-13(18)14(3,20-10(2)17)11-4-6-12(15)7-5-11/h4-7H,8H2,1-3H3. The van der Waals surface area contributed by atoms with E-state index in [9.17, 15) is 14.4 Å². The minimum absolute atomic E-state index is 0.449. The highest BCUT2D eigenvalue weighted by atomic mass is 79.9. The molecule has 1 rings (SSSR count). The van der Waals surface area contributed by atoms with Gasteiger partial charge in [-0.1, -0.05) is 28.1 Å². The molecule has 0 radical (unpaired) electrons. The summed E-state index contributed by atoms with van der Waals surface area (Å²) in [6.45, 7) is 3.45. The van der Waals surface area contributed by atoms with Gasteiger partial charge in [0.2, 0.25) is 5.78 Å². The summed E-state index contributed by atoms with van der Waals surface area (Å²) in [7, 11) is 0. The largest absolute Gasteiger partial charge is 0.458 e. The summed E-state index contributed by atoms with van der Waals surface area (Å²) >= 11 is 3.29. The second-order valence-electron chi connectivity index (χ2n) is 4.34. The van der Waals surface area contributed by atoms with E-state index in [4.69, 9.17) is 4.74 Å². The van der Waals surface area contributed by atoms with E-state index in [1.807, 2.05) is 0 Å². The van der Waals surface area contributed by atoms with Crippen molar-refractivity contribution in [3.8, 4) is 0 Å². The van der Waals surface area contributed by atoms with E-state index >= 15 is 0 Å². The van der Waals surface area contributed by atoms with Gasteiger partial charge in [-0.25, -0.2) is 0 Å². The molecule has 1 unspecified atom stereocenters. The lowest BCUT2D eigenvalue weighted by molar-refractivity contribution is -0.168. The molecule has 0 aliphatic rings. The van der Waals surface area contributed by atoms with Crippen LogP contribution >= 0.6 is 15.9 Å². The minimum Gasteiger partial charge on any atom is -0.458 e. The number of hydrogen-bond donors (Lipinski definition) is 0. The quantitative estimate of drug-likeness (QED) is 0.768. The molecule has 108 valence electrons. The predicted octanol–water partition coefficient (Wildman–Crippen LogP) is 2.36. The van der Waals surface area contributed by atoms with Crippen LogP contribution in [0.5, 0.6) is 0 Å². The maximum absolute atomic E-state index is 12.2. The van der Waals surface area contributed by atoms with Crippen molar-refractivity contribution in [2.24, 2.45) is 0 Å². The zero-order valence-electron chi connectivity index (χ0n) is 11.4. The lowest BCUT2D eigenvalue weighted by Gasteiger charge is -2.28. The molecule has 5 nitrogen and oxygen atoms in total. The molecule has 0 N–H and O–H groups in total. The van der Waals surface area contributed by atoms with E-state index in [1.165, 1.54) is 20.8 Å². The van der Waals surface area contributed by atoms with Gasteiger partial charge in [0, 0.05) is 23.9 Å². The van der Waals surface area contributed by atoms with Gasteiger partial charge in [0.15, 0.2) is 12.2 Å². The zero-order chi connectivity index (χ0) is 15.3. The number of carbonyl (C=O) groups excluding carboxylic acids is 3. The zero-order valence-corrected chi connectivity index (χ0v) is 13.0. The van der Waals surface area contributed by atoms with Crippen LogP contribution in [0, 0.1) is 0 Å². The van der Waals surface area contributed by atoms with E-state index in [0.717, 1.165) is 4.47 Å². The first-order chi connectivity index (χ1) is 9.25. The fourth-order valence-corrected chi connectivity index (χ4v) is 1.90. The molecule has 20 heavy (non-hydrogen) atoms. The molecule has 0 aliphatic heterocycles. The molecule has 0 aromatic heterocycles. The van der Waals surface area contributed by atoms with Gasteiger partial charge in [0.1, 0.15) is 0 Å². The van der Waals surface area contributed by atoms with Crippen LogP contribution in [0.25, 0.3) is 0 Å². The first-order valence-corrected chi connectivity index (χ1v) is 6.67. The Morgan fingerprint density at radius 3 is 2.10 bits per heavy atom. The maximum Gasteiger partial charge on any atom is 0.303 e. The van der Waals surface area contributed by atoms with Crippen LogP contribution in [0.2, 0.25) is 0 Å². The Labute approximate surface area is 125 Å². The fraction of sp³-hybridized carbons (Fsp3) is 0.357. The molecule has 0 saturated heterocycles. The number of esters is 2. The summed E-state index contributed by atoms with van der Waals surface area (Å²) < 4.78 is 10.7. The molecule has 1 aromatic carbocycles. The molecule has 0 aliphatic carbocycles. The van der Waals surface area contributed by atoms with Crippen molar-refractivity contribution in [2.45, 2.75) is 26.4 Å². The van der Waals surface area contributed by atoms with E-state index in [-0.39, 0.29) is 0 Å². The molecule has 0 bridgehead atoms. The van der Waals surface area contributed by atoms with E-state index in [1.54, 1.807) is 24.3 Å². The van der Waals surface area contributed by atoms with Crippen molar-refractivity contribution in [1.82, 2.24) is 0 Å². The third kappa shape index (κ3) is 4.16. The van der Waals surface area contributed by atoms with Crippen LogP contribution < -0.4 is 0 Å². The second-order valence-corrected chi connectivity index (χ2v) is 5.25. The smallest absolute Gasteiger partial charge is 0.303 e. The average Bonchev–Trinajstić information content (AvgIpc) is 2.35. The Morgan fingerprint density at radius 2 is 1.65 bits per heavy atom. The van der Waals surface area contributed by atoms with Crippen LogP contribution in [-0.4, -0.2) is 24.3 Å². The summed E-state index contributed by atoms with van der Waals surface area (Å²) in [5.41, 5.74) is -0.977. The fourth-order valence-electron chi connectivity index (χ4n) is 1.64. The van der Waals surface area contributed by atoms with Crippen molar-refractivity contribution >= 4 is 33.7 Å². The monoisotopic (exact) mass is 342 g/mol. The number of Topliss-reactive ketones (excluding diaryl/α,β-unsaturated/α-hetero) is 1. The van der Waals surface area contributed by atoms with Crippen LogP contribution in [0.15, 0.2) is 28.7 Å². The molecule has 0 saturated carbocycles. The highest BCUT2D eigenvalue weighted by Crippen LogP contribution is 2.28. The van der Waals surface area contributed by atoms with Gasteiger partial charge in [-0.15, -0.1) is 0 Å². The molecular formula is C14H15BrO5. The summed E-state index contributed by atoms with van der Waals surface area (Å²) in [6.07, 6.45) is 0. The Morgan fingerprint density at radius 1 is 1.10 bits per heavy atom. The lowest BCUT2D eigenvalue weighted by Crippen LogP contribution is -2.40. The minimum atomic E-state index is -1.48. The number of ketones is 1. The number of halogens is 1. The van der Waals surface area contributed by atoms with Gasteiger partial charge in [-0.2, -0.15) is 0 Å². The molecule has 0 heterocycles. The number of carbonyl (C=O) groups is 3. The molecule has 0 spiro atoms.